The summed E-state index contributed by atoms with van der Waals surface area (Å²) in [4.78, 5) is 0. The lowest BCUT2D eigenvalue weighted by Gasteiger charge is -2.08. The topological polar surface area (TPSA) is 61.3 Å². The minimum Gasteiger partial charge on any atom is -0.497 e. The van der Waals surface area contributed by atoms with Crippen molar-refractivity contribution in [2.24, 2.45) is 0 Å². The first-order valence-corrected chi connectivity index (χ1v) is 6.69. The van der Waals surface area contributed by atoms with Crippen molar-refractivity contribution in [2.45, 2.75) is 31.6 Å². The molecular weight excluding hydrogens is 240 g/mol. The third kappa shape index (κ3) is 2.18. The molecule has 2 N–H and O–H groups in total. The van der Waals surface area contributed by atoms with Gasteiger partial charge in [-0.3, -0.25) is 0 Å². The lowest BCUT2D eigenvalue weighted by Crippen LogP contribution is -1.96. The second-order valence-electron chi connectivity index (χ2n) is 5.02. The number of rotatable bonds is 3. The SMILES string of the molecule is COc1ccc(-c2c(C3CCCC3)noc2N)cc1. The zero-order valence-corrected chi connectivity index (χ0v) is 11.1. The molecule has 0 saturated heterocycles. The molecule has 19 heavy (non-hydrogen) atoms. The first-order chi connectivity index (χ1) is 9.29. The van der Waals surface area contributed by atoms with Crippen LogP contribution in [0.4, 0.5) is 5.88 Å². The van der Waals surface area contributed by atoms with E-state index in [4.69, 9.17) is 15.0 Å². The standard InChI is InChI=1S/C15H18N2O2/c1-18-12-8-6-10(7-9-12)13-14(17-19-15(13)16)11-4-2-3-5-11/h6-9,11H,2-5,16H2,1H3. The van der Waals surface area contributed by atoms with Gasteiger partial charge in [0.1, 0.15) is 5.75 Å². The number of anilines is 1. The second kappa shape index (κ2) is 4.96. The molecule has 1 heterocycles. The van der Waals surface area contributed by atoms with Gasteiger partial charge in [0, 0.05) is 5.92 Å². The van der Waals surface area contributed by atoms with Crippen molar-refractivity contribution in [1.82, 2.24) is 5.16 Å². The third-order valence-electron chi connectivity index (χ3n) is 3.87. The van der Waals surface area contributed by atoms with Gasteiger partial charge in [0.15, 0.2) is 0 Å². The smallest absolute Gasteiger partial charge is 0.230 e. The molecule has 1 aromatic heterocycles. The van der Waals surface area contributed by atoms with Crippen LogP contribution in [0.3, 0.4) is 0 Å². The average molecular weight is 258 g/mol. The van der Waals surface area contributed by atoms with Crippen molar-refractivity contribution < 1.29 is 9.26 Å². The number of nitrogens with zero attached hydrogens (tertiary/aromatic N) is 1. The van der Waals surface area contributed by atoms with Gasteiger partial charge < -0.3 is 15.0 Å². The fourth-order valence-corrected chi connectivity index (χ4v) is 2.84. The van der Waals surface area contributed by atoms with Crippen molar-refractivity contribution in [1.29, 1.82) is 0 Å². The minimum absolute atomic E-state index is 0.409. The second-order valence-corrected chi connectivity index (χ2v) is 5.02. The lowest BCUT2D eigenvalue weighted by atomic mass is 9.96. The highest BCUT2D eigenvalue weighted by Gasteiger charge is 2.26. The van der Waals surface area contributed by atoms with Gasteiger partial charge in [-0.25, -0.2) is 0 Å². The van der Waals surface area contributed by atoms with Crippen LogP contribution in [0.5, 0.6) is 5.75 Å². The summed E-state index contributed by atoms with van der Waals surface area (Å²) in [7, 11) is 1.66. The van der Waals surface area contributed by atoms with Crippen LogP contribution >= 0.6 is 0 Å². The molecule has 0 unspecified atom stereocenters. The van der Waals surface area contributed by atoms with Gasteiger partial charge in [0.2, 0.25) is 5.88 Å². The van der Waals surface area contributed by atoms with Gasteiger partial charge in [-0.1, -0.05) is 30.1 Å². The number of nitrogen functional groups attached to an aromatic ring is 1. The number of methoxy groups -OCH3 is 1. The highest BCUT2D eigenvalue weighted by atomic mass is 16.5. The van der Waals surface area contributed by atoms with Crippen LogP contribution in [0.15, 0.2) is 28.8 Å². The fraction of sp³-hybridized carbons (Fsp3) is 0.400. The Hall–Kier alpha value is -1.97. The first-order valence-electron chi connectivity index (χ1n) is 6.69. The molecule has 0 atom stereocenters. The maximum absolute atomic E-state index is 5.95. The Morgan fingerprint density at radius 3 is 2.53 bits per heavy atom. The Kier molecular flexibility index (Phi) is 3.15. The fourth-order valence-electron chi connectivity index (χ4n) is 2.84. The van der Waals surface area contributed by atoms with E-state index in [-0.39, 0.29) is 0 Å². The largest absolute Gasteiger partial charge is 0.497 e. The van der Waals surface area contributed by atoms with Crippen molar-refractivity contribution in [2.75, 3.05) is 12.8 Å². The lowest BCUT2D eigenvalue weighted by molar-refractivity contribution is 0.415. The van der Waals surface area contributed by atoms with E-state index < -0.39 is 0 Å². The quantitative estimate of drug-likeness (QED) is 0.913. The third-order valence-corrected chi connectivity index (χ3v) is 3.87. The molecule has 1 fully saturated rings. The zero-order chi connectivity index (χ0) is 13.2. The maximum Gasteiger partial charge on any atom is 0.230 e. The van der Waals surface area contributed by atoms with Crippen molar-refractivity contribution in [3.05, 3.63) is 30.0 Å². The van der Waals surface area contributed by atoms with Crippen molar-refractivity contribution >= 4 is 5.88 Å². The number of nitrogens with two attached hydrogens (primary N) is 1. The van der Waals surface area contributed by atoms with Gasteiger partial charge in [0.05, 0.1) is 18.4 Å². The Morgan fingerprint density at radius 1 is 1.21 bits per heavy atom. The number of ether oxygens (including phenoxy) is 1. The Morgan fingerprint density at radius 2 is 1.89 bits per heavy atom. The van der Waals surface area contributed by atoms with Gasteiger partial charge in [-0.2, -0.15) is 0 Å². The van der Waals surface area contributed by atoms with E-state index in [1.807, 2.05) is 24.3 Å². The van der Waals surface area contributed by atoms with E-state index >= 15 is 0 Å². The molecule has 4 nitrogen and oxygen atoms in total. The number of hydrogen-bond acceptors (Lipinski definition) is 4. The molecule has 1 aromatic carbocycles. The molecule has 0 amide bonds. The molecule has 1 aliphatic carbocycles. The number of benzene rings is 1. The number of hydrogen-bond donors (Lipinski definition) is 1. The number of aromatic nitrogens is 1. The van der Waals surface area contributed by atoms with Crippen molar-refractivity contribution in [3.8, 4) is 16.9 Å². The summed E-state index contributed by atoms with van der Waals surface area (Å²) in [6.45, 7) is 0. The van der Waals surface area contributed by atoms with Crippen LogP contribution < -0.4 is 10.5 Å². The van der Waals surface area contributed by atoms with E-state index in [0.29, 0.717) is 11.8 Å². The van der Waals surface area contributed by atoms with Gasteiger partial charge >= 0.3 is 0 Å². The summed E-state index contributed by atoms with van der Waals surface area (Å²) in [6, 6.07) is 7.86. The predicted molar refractivity (Wildman–Crippen MR) is 74.1 cm³/mol. The summed E-state index contributed by atoms with van der Waals surface area (Å²) in [5.74, 6) is 1.73. The molecule has 2 aromatic rings. The average Bonchev–Trinajstić information content (AvgIpc) is 3.08. The van der Waals surface area contributed by atoms with Crippen LogP contribution in [-0.4, -0.2) is 12.3 Å². The molecule has 0 bridgehead atoms. The van der Waals surface area contributed by atoms with E-state index in [1.54, 1.807) is 7.11 Å². The Labute approximate surface area is 112 Å². The molecule has 100 valence electrons. The summed E-state index contributed by atoms with van der Waals surface area (Å²) in [6.07, 6.45) is 4.88. The van der Waals surface area contributed by atoms with Crippen LogP contribution in [0, 0.1) is 0 Å². The van der Waals surface area contributed by atoms with E-state index in [0.717, 1.165) is 22.6 Å². The molecule has 3 rings (SSSR count). The highest BCUT2D eigenvalue weighted by Crippen LogP contribution is 2.41. The minimum atomic E-state index is 0.409. The normalized spacial score (nSPS) is 15.8. The summed E-state index contributed by atoms with van der Waals surface area (Å²) < 4.78 is 10.4. The highest BCUT2D eigenvalue weighted by molar-refractivity contribution is 5.76. The molecule has 0 spiro atoms. The molecule has 0 aliphatic heterocycles. The molecule has 1 saturated carbocycles. The van der Waals surface area contributed by atoms with E-state index in [1.165, 1.54) is 25.7 Å². The summed E-state index contributed by atoms with van der Waals surface area (Å²) >= 11 is 0. The first kappa shape index (κ1) is 12.1. The summed E-state index contributed by atoms with van der Waals surface area (Å²) in [5, 5.41) is 4.19. The molecule has 0 radical (unpaired) electrons. The van der Waals surface area contributed by atoms with Crippen LogP contribution in [0.25, 0.3) is 11.1 Å². The molecule has 4 heteroatoms. The van der Waals surface area contributed by atoms with Crippen molar-refractivity contribution in [3.63, 3.8) is 0 Å². The Bertz CT molecular complexity index is 554. The predicted octanol–water partition coefficient (Wildman–Crippen LogP) is 3.59. The molecule has 1 aliphatic rings. The van der Waals surface area contributed by atoms with Gasteiger partial charge in [-0.15, -0.1) is 0 Å². The van der Waals surface area contributed by atoms with E-state index in [9.17, 15) is 0 Å². The van der Waals surface area contributed by atoms with Crippen LogP contribution in [0.1, 0.15) is 37.3 Å². The molecular formula is C15H18N2O2. The zero-order valence-electron chi connectivity index (χ0n) is 11.1. The summed E-state index contributed by atoms with van der Waals surface area (Å²) in [5.41, 5.74) is 8.96. The monoisotopic (exact) mass is 258 g/mol. The maximum atomic E-state index is 5.95. The van der Waals surface area contributed by atoms with Crippen LogP contribution in [-0.2, 0) is 0 Å². The van der Waals surface area contributed by atoms with Crippen LogP contribution in [0.2, 0.25) is 0 Å². The van der Waals surface area contributed by atoms with Gasteiger partial charge in [0.25, 0.3) is 0 Å². The van der Waals surface area contributed by atoms with E-state index in [2.05, 4.69) is 5.16 Å². The van der Waals surface area contributed by atoms with Gasteiger partial charge in [-0.05, 0) is 30.5 Å². The Balaban J connectivity index is 2.00.